The van der Waals surface area contributed by atoms with Gasteiger partial charge in [0.2, 0.25) is 0 Å². The normalized spacial score (nSPS) is 10.4. The number of aliphatic hydroxyl groups is 1. The fourth-order valence-corrected chi connectivity index (χ4v) is 2.06. The zero-order chi connectivity index (χ0) is 13.1. The van der Waals surface area contributed by atoms with Crippen LogP contribution in [0, 0.1) is 0 Å². The third kappa shape index (κ3) is 2.70. The molecule has 3 nitrogen and oxygen atoms in total. The quantitative estimate of drug-likeness (QED) is 0.800. The average Bonchev–Trinajstić information content (AvgIpc) is 2.34. The number of rotatable bonds is 3. The van der Waals surface area contributed by atoms with Crippen molar-refractivity contribution in [1.29, 1.82) is 0 Å². The first kappa shape index (κ1) is 13.0. The van der Waals surface area contributed by atoms with Gasteiger partial charge in [-0.2, -0.15) is 0 Å². The maximum absolute atomic E-state index is 9.46. The first-order chi connectivity index (χ1) is 8.61. The second-order valence-electron chi connectivity index (χ2n) is 3.72. The molecule has 2 aromatic carbocycles. The number of halogens is 2. The molecule has 0 spiro atoms. The molecule has 0 amide bonds. The number of phenols is 1. The van der Waals surface area contributed by atoms with Gasteiger partial charge in [0.15, 0.2) is 0 Å². The number of aromatic hydroxyl groups is 1. The summed E-state index contributed by atoms with van der Waals surface area (Å²) < 4.78 is 0. The van der Waals surface area contributed by atoms with Gasteiger partial charge in [-0.15, -0.1) is 0 Å². The van der Waals surface area contributed by atoms with Crippen molar-refractivity contribution in [3.63, 3.8) is 0 Å². The topological polar surface area (TPSA) is 52.5 Å². The molecule has 0 aromatic heterocycles. The summed E-state index contributed by atoms with van der Waals surface area (Å²) in [5, 5.41) is 22.7. The van der Waals surface area contributed by atoms with E-state index in [-0.39, 0.29) is 12.4 Å². The molecule has 94 valence electrons. The summed E-state index contributed by atoms with van der Waals surface area (Å²) in [7, 11) is 0. The molecule has 0 bridgehead atoms. The van der Waals surface area contributed by atoms with E-state index in [0.29, 0.717) is 27.0 Å². The van der Waals surface area contributed by atoms with Crippen molar-refractivity contribution in [3.05, 3.63) is 52.0 Å². The van der Waals surface area contributed by atoms with E-state index >= 15 is 0 Å². The van der Waals surface area contributed by atoms with Crippen LogP contribution >= 0.6 is 23.2 Å². The highest BCUT2D eigenvalue weighted by molar-refractivity contribution is 6.39. The van der Waals surface area contributed by atoms with Gasteiger partial charge in [-0.05, 0) is 18.2 Å². The Labute approximate surface area is 115 Å². The van der Waals surface area contributed by atoms with E-state index in [2.05, 4.69) is 5.32 Å². The number of nitrogens with one attached hydrogen (secondary N) is 1. The predicted octanol–water partition coefficient (Wildman–Crippen LogP) is 3.93. The molecule has 0 saturated heterocycles. The zero-order valence-electron chi connectivity index (χ0n) is 9.32. The largest absolute Gasteiger partial charge is 0.508 e. The van der Waals surface area contributed by atoms with Crippen LogP contribution in [0.2, 0.25) is 10.0 Å². The minimum absolute atomic E-state index is 0.0953. The molecule has 0 radical (unpaired) electrons. The zero-order valence-corrected chi connectivity index (χ0v) is 10.8. The highest BCUT2D eigenvalue weighted by Gasteiger charge is 2.09. The Kier molecular flexibility index (Phi) is 3.97. The first-order valence-electron chi connectivity index (χ1n) is 5.25. The first-order valence-corrected chi connectivity index (χ1v) is 6.01. The molecule has 5 heteroatoms. The lowest BCUT2D eigenvalue weighted by molar-refractivity contribution is 0.282. The van der Waals surface area contributed by atoms with E-state index < -0.39 is 0 Å². The van der Waals surface area contributed by atoms with Crippen molar-refractivity contribution < 1.29 is 10.2 Å². The van der Waals surface area contributed by atoms with Crippen LogP contribution in [-0.4, -0.2) is 10.2 Å². The van der Waals surface area contributed by atoms with Crippen molar-refractivity contribution in [2.24, 2.45) is 0 Å². The fourth-order valence-electron chi connectivity index (χ4n) is 1.57. The van der Waals surface area contributed by atoms with Crippen LogP contribution in [0.4, 0.5) is 11.4 Å². The molecule has 0 aliphatic carbocycles. The highest BCUT2D eigenvalue weighted by atomic mass is 35.5. The number of hydrogen-bond donors (Lipinski definition) is 3. The van der Waals surface area contributed by atoms with Crippen LogP contribution < -0.4 is 5.32 Å². The maximum Gasteiger partial charge on any atom is 0.117 e. The molecule has 3 N–H and O–H groups in total. The molecule has 2 rings (SSSR count). The number of benzene rings is 2. The van der Waals surface area contributed by atoms with Crippen LogP contribution in [-0.2, 0) is 6.61 Å². The average molecular weight is 284 g/mol. The van der Waals surface area contributed by atoms with Gasteiger partial charge in [0, 0.05) is 17.3 Å². The smallest absolute Gasteiger partial charge is 0.117 e. The minimum Gasteiger partial charge on any atom is -0.508 e. The standard InChI is InChI=1S/C13H11Cl2NO2/c14-10-2-1-3-11(15)13(10)16-12-6-9(18)5-4-8(12)7-17/h1-6,16-18H,7H2. The third-order valence-electron chi connectivity index (χ3n) is 2.49. The summed E-state index contributed by atoms with van der Waals surface area (Å²) in [6, 6.07) is 9.79. The van der Waals surface area contributed by atoms with Crippen molar-refractivity contribution in [3.8, 4) is 5.75 Å². The summed E-state index contributed by atoms with van der Waals surface area (Å²) in [4.78, 5) is 0. The number of aliphatic hydroxyl groups excluding tert-OH is 1. The third-order valence-corrected chi connectivity index (χ3v) is 3.12. The summed E-state index contributed by atoms with van der Waals surface area (Å²) in [5.41, 5.74) is 1.75. The second-order valence-corrected chi connectivity index (χ2v) is 4.54. The number of para-hydroxylation sites is 1. The Hall–Kier alpha value is -1.42. The van der Waals surface area contributed by atoms with Gasteiger partial charge in [0.25, 0.3) is 0 Å². The summed E-state index contributed by atoms with van der Waals surface area (Å²) in [5.74, 6) is 0.0953. The monoisotopic (exact) mass is 283 g/mol. The maximum atomic E-state index is 9.46. The van der Waals surface area contributed by atoms with Crippen molar-refractivity contribution in [1.82, 2.24) is 0 Å². The Bertz CT molecular complexity index is 553. The molecule has 0 heterocycles. The molecule has 0 aliphatic heterocycles. The SMILES string of the molecule is OCc1ccc(O)cc1Nc1c(Cl)cccc1Cl. The van der Waals surface area contributed by atoms with Crippen LogP contribution in [0.25, 0.3) is 0 Å². The predicted molar refractivity (Wildman–Crippen MR) is 73.8 cm³/mol. The van der Waals surface area contributed by atoms with E-state index in [1.165, 1.54) is 12.1 Å². The lowest BCUT2D eigenvalue weighted by Gasteiger charge is -2.13. The molecule has 0 atom stereocenters. The molecule has 2 aromatic rings. The van der Waals surface area contributed by atoms with Gasteiger partial charge >= 0.3 is 0 Å². The van der Waals surface area contributed by atoms with Gasteiger partial charge < -0.3 is 15.5 Å². The molecule has 0 saturated carbocycles. The second kappa shape index (κ2) is 5.48. The van der Waals surface area contributed by atoms with E-state index in [0.717, 1.165) is 0 Å². The van der Waals surface area contributed by atoms with Gasteiger partial charge in [-0.3, -0.25) is 0 Å². The van der Waals surface area contributed by atoms with Gasteiger partial charge in [0.1, 0.15) is 5.75 Å². The van der Waals surface area contributed by atoms with E-state index in [9.17, 15) is 10.2 Å². The Balaban J connectivity index is 2.42. The van der Waals surface area contributed by atoms with Crippen LogP contribution in [0.15, 0.2) is 36.4 Å². The van der Waals surface area contributed by atoms with Crippen molar-refractivity contribution in [2.75, 3.05) is 5.32 Å². The van der Waals surface area contributed by atoms with Gasteiger partial charge in [-0.25, -0.2) is 0 Å². The molecular weight excluding hydrogens is 273 g/mol. The van der Waals surface area contributed by atoms with E-state index in [4.69, 9.17) is 23.2 Å². The van der Waals surface area contributed by atoms with Crippen molar-refractivity contribution in [2.45, 2.75) is 6.61 Å². The van der Waals surface area contributed by atoms with Crippen LogP contribution in [0.5, 0.6) is 5.75 Å². The van der Waals surface area contributed by atoms with Crippen LogP contribution in [0.1, 0.15) is 5.56 Å². The lowest BCUT2D eigenvalue weighted by Crippen LogP contribution is -1.97. The minimum atomic E-state index is -0.148. The van der Waals surface area contributed by atoms with Gasteiger partial charge in [0.05, 0.1) is 22.3 Å². The highest BCUT2D eigenvalue weighted by Crippen LogP contribution is 2.34. The number of hydrogen-bond acceptors (Lipinski definition) is 3. The molecule has 0 fully saturated rings. The molecule has 18 heavy (non-hydrogen) atoms. The van der Waals surface area contributed by atoms with E-state index in [1.54, 1.807) is 24.3 Å². The summed E-state index contributed by atoms with van der Waals surface area (Å²) in [6.45, 7) is -0.148. The lowest BCUT2D eigenvalue weighted by atomic mass is 10.1. The Morgan fingerprint density at radius 2 is 1.72 bits per heavy atom. The summed E-state index contributed by atoms with van der Waals surface area (Å²) >= 11 is 12.1. The Morgan fingerprint density at radius 1 is 1.06 bits per heavy atom. The molecule has 0 aliphatic rings. The fraction of sp³-hybridized carbons (Fsp3) is 0.0769. The Morgan fingerprint density at radius 3 is 2.33 bits per heavy atom. The summed E-state index contributed by atoms with van der Waals surface area (Å²) in [6.07, 6.45) is 0. The molecular formula is C13H11Cl2NO2. The van der Waals surface area contributed by atoms with E-state index in [1.807, 2.05) is 0 Å². The molecule has 0 unspecified atom stereocenters. The number of anilines is 2. The number of phenolic OH excluding ortho intramolecular Hbond substituents is 1. The van der Waals surface area contributed by atoms with Crippen molar-refractivity contribution >= 4 is 34.6 Å². The van der Waals surface area contributed by atoms with Gasteiger partial charge in [-0.1, -0.05) is 35.3 Å². The van der Waals surface area contributed by atoms with Crippen LogP contribution in [0.3, 0.4) is 0 Å².